The fourth-order valence-electron chi connectivity index (χ4n) is 3.55. The van der Waals surface area contributed by atoms with E-state index in [1.807, 2.05) is 13.0 Å². The molecule has 2 aromatic rings. The van der Waals surface area contributed by atoms with Crippen molar-refractivity contribution in [1.82, 2.24) is 10.2 Å². The quantitative estimate of drug-likeness (QED) is 0.712. The van der Waals surface area contributed by atoms with Crippen LogP contribution in [0.4, 0.5) is 10.5 Å². The average Bonchev–Trinajstić information content (AvgIpc) is 3.27. The van der Waals surface area contributed by atoms with Crippen LogP contribution in [0.25, 0.3) is 0 Å². The van der Waals surface area contributed by atoms with E-state index in [-0.39, 0.29) is 6.04 Å². The molecule has 31 heavy (non-hydrogen) atoms. The number of thioether (sulfide) groups is 1. The first-order chi connectivity index (χ1) is 14.8. The molecule has 2 aliphatic heterocycles. The number of carbonyl (C=O) groups is 3. The molecule has 1 fully saturated rings. The molecule has 9 heteroatoms. The summed E-state index contributed by atoms with van der Waals surface area (Å²) in [5, 5.41) is 3.81. The zero-order chi connectivity index (χ0) is 22.2. The summed E-state index contributed by atoms with van der Waals surface area (Å²) in [5.41, 5.74) is 0.00717. The number of anilines is 1. The third-order valence-corrected chi connectivity index (χ3v) is 6.68. The maximum atomic E-state index is 13.3. The second-order valence-corrected chi connectivity index (χ2v) is 9.01. The minimum absolute atomic E-state index is 0.0701. The zero-order valence-corrected chi connectivity index (χ0v) is 18.6. The molecule has 2 aromatic carbocycles. The number of hydrogen-bond acceptors (Lipinski definition) is 5. The average molecular weight is 457 g/mol. The second kappa shape index (κ2) is 8.36. The number of halogens is 1. The summed E-state index contributed by atoms with van der Waals surface area (Å²) in [6, 6.07) is 15.2. The molecule has 7 nitrogen and oxygen atoms in total. The molecule has 2 aliphatic rings. The van der Waals surface area contributed by atoms with Gasteiger partial charge in [0.25, 0.3) is 11.8 Å². The first-order valence-electron chi connectivity index (χ1n) is 9.78. The summed E-state index contributed by atoms with van der Waals surface area (Å²) >= 11 is 7.46. The first kappa shape index (κ1) is 21.4. The number of benzene rings is 2. The number of hydrogen-bond donors (Lipinski definition) is 1. The van der Waals surface area contributed by atoms with Gasteiger partial charge in [-0.25, -0.2) is 4.79 Å². The Morgan fingerprint density at radius 3 is 2.52 bits per heavy atom. The van der Waals surface area contributed by atoms with E-state index in [1.54, 1.807) is 55.5 Å². The monoisotopic (exact) mass is 456 g/mol. The maximum absolute atomic E-state index is 13.3. The number of imide groups is 1. The fraction of sp³-hybridized carbons (Fsp3) is 0.273. The van der Waals surface area contributed by atoms with Gasteiger partial charge < -0.3 is 5.32 Å². The normalized spacial score (nSPS) is 23.0. The Balaban J connectivity index is 1.61. The lowest BCUT2D eigenvalue weighted by molar-refractivity contribution is -0.134. The van der Waals surface area contributed by atoms with Crippen molar-refractivity contribution in [2.45, 2.75) is 25.4 Å². The van der Waals surface area contributed by atoms with E-state index in [2.05, 4.69) is 10.3 Å². The molecule has 1 N–H and O–H groups in total. The summed E-state index contributed by atoms with van der Waals surface area (Å²) in [6.45, 7) is 3.21. The lowest BCUT2D eigenvalue weighted by atomic mass is 9.92. The fourth-order valence-corrected chi connectivity index (χ4v) is 4.73. The van der Waals surface area contributed by atoms with Crippen LogP contribution in [0.5, 0.6) is 0 Å². The lowest BCUT2D eigenvalue weighted by Crippen LogP contribution is -2.46. The van der Waals surface area contributed by atoms with Gasteiger partial charge in [0.2, 0.25) is 0 Å². The van der Waals surface area contributed by atoms with Gasteiger partial charge >= 0.3 is 6.03 Å². The number of amidine groups is 1. The number of urea groups is 1. The number of rotatable bonds is 4. The molecule has 0 radical (unpaired) electrons. The molecular formula is C22H21ClN4O3S. The molecule has 2 unspecified atom stereocenters. The summed E-state index contributed by atoms with van der Waals surface area (Å²) in [5.74, 6) is -0.145. The largest absolute Gasteiger partial charge is 0.325 e. The topological polar surface area (TPSA) is 82.1 Å². The van der Waals surface area contributed by atoms with Crippen LogP contribution < -0.4 is 10.2 Å². The smallest absolute Gasteiger partial charge is 0.319 e. The zero-order valence-electron chi connectivity index (χ0n) is 17.0. The molecule has 0 saturated carbocycles. The molecule has 2 heterocycles. The Kier molecular flexibility index (Phi) is 5.77. The Bertz CT molecular complexity index is 1060. The highest BCUT2D eigenvalue weighted by molar-refractivity contribution is 8.14. The van der Waals surface area contributed by atoms with Crippen molar-refractivity contribution >= 4 is 52.1 Å². The van der Waals surface area contributed by atoms with Crippen molar-refractivity contribution in [2.24, 2.45) is 4.99 Å². The van der Waals surface area contributed by atoms with Gasteiger partial charge in [0, 0.05) is 10.8 Å². The van der Waals surface area contributed by atoms with E-state index in [4.69, 9.17) is 11.6 Å². The number of nitrogens with zero attached hydrogens (tertiary/aromatic N) is 3. The maximum Gasteiger partial charge on any atom is 0.325 e. The van der Waals surface area contributed by atoms with Gasteiger partial charge in [0.15, 0.2) is 5.17 Å². The standard InChI is InChI=1S/C22H21ClN4O3S/c1-14-13-31-21(24-14)27(17-10-8-16(23)9-11-17)18(28)12-26-19(29)22(2,25-20(26)30)15-6-4-3-5-7-15/h3-11,14H,12-13H2,1-2H3,(H,25,30). The van der Waals surface area contributed by atoms with Gasteiger partial charge in [0.05, 0.1) is 11.7 Å². The number of carbonyl (C=O) groups excluding carboxylic acids is 3. The summed E-state index contributed by atoms with van der Waals surface area (Å²) in [6.07, 6.45) is 0. The minimum atomic E-state index is -1.22. The lowest BCUT2D eigenvalue weighted by Gasteiger charge is -2.25. The first-order valence-corrected chi connectivity index (χ1v) is 11.1. The molecule has 0 aromatic heterocycles. The molecule has 0 bridgehead atoms. The van der Waals surface area contributed by atoms with Gasteiger partial charge in [-0.05, 0) is 43.7 Å². The van der Waals surface area contributed by atoms with Crippen LogP contribution in [0.15, 0.2) is 59.6 Å². The molecule has 0 aliphatic carbocycles. The van der Waals surface area contributed by atoms with Crippen LogP contribution in [0.3, 0.4) is 0 Å². The summed E-state index contributed by atoms with van der Waals surface area (Å²) in [4.78, 5) is 46.1. The summed E-state index contributed by atoms with van der Waals surface area (Å²) < 4.78 is 0. The SMILES string of the molecule is CC1CSC(N(C(=O)CN2C(=O)NC(C)(c3ccccc3)C2=O)c2ccc(Cl)cc2)=N1. The van der Waals surface area contributed by atoms with Gasteiger partial charge in [-0.1, -0.05) is 53.7 Å². The van der Waals surface area contributed by atoms with Crippen molar-refractivity contribution < 1.29 is 14.4 Å². The number of amides is 4. The van der Waals surface area contributed by atoms with Crippen LogP contribution in [0, 0.1) is 0 Å². The van der Waals surface area contributed by atoms with E-state index in [9.17, 15) is 14.4 Å². The second-order valence-electron chi connectivity index (χ2n) is 7.59. The van der Waals surface area contributed by atoms with Crippen LogP contribution in [0.1, 0.15) is 19.4 Å². The van der Waals surface area contributed by atoms with E-state index >= 15 is 0 Å². The van der Waals surface area contributed by atoms with Crippen molar-refractivity contribution in [1.29, 1.82) is 0 Å². The molecule has 160 valence electrons. The van der Waals surface area contributed by atoms with Crippen molar-refractivity contribution in [3.63, 3.8) is 0 Å². The molecule has 2 atom stereocenters. The molecular weight excluding hydrogens is 436 g/mol. The van der Waals surface area contributed by atoms with E-state index in [0.717, 1.165) is 10.7 Å². The predicted molar refractivity (Wildman–Crippen MR) is 122 cm³/mol. The molecule has 4 amide bonds. The van der Waals surface area contributed by atoms with Crippen LogP contribution >= 0.6 is 23.4 Å². The highest BCUT2D eigenvalue weighted by atomic mass is 35.5. The molecule has 4 rings (SSSR count). The van der Waals surface area contributed by atoms with Crippen molar-refractivity contribution in [3.05, 3.63) is 65.2 Å². The van der Waals surface area contributed by atoms with Gasteiger partial charge in [-0.15, -0.1) is 0 Å². The Morgan fingerprint density at radius 2 is 1.90 bits per heavy atom. The van der Waals surface area contributed by atoms with Crippen LogP contribution in [-0.2, 0) is 15.1 Å². The van der Waals surface area contributed by atoms with E-state index in [0.29, 0.717) is 21.4 Å². The van der Waals surface area contributed by atoms with Crippen molar-refractivity contribution in [3.8, 4) is 0 Å². The highest BCUT2D eigenvalue weighted by Gasteiger charge is 2.50. The number of nitrogens with one attached hydrogen (secondary N) is 1. The third-order valence-electron chi connectivity index (χ3n) is 5.23. The van der Waals surface area contributed by atoms with E-state index < -0.39 is 29.9 Å². The van der Waals surface area contributed by atoms with Gasteiger partial charge in [0.1, 0.15) is 12.1 Å². The Morgan fingerprint density at radius 1 is 1.23 bits per heavy atom. The molecule has 1 saturated heterocycles. The van der Waals surface area contributed by atoms with Gasteiger partial charge in [-0.3, -0.25) is 24.4 Å². The Hall–Kier alpha value is -2.84. The predicted octanol–water partition coefficient (Wildman–Crippen LogP) is 3.63. The minimum Gasteiger partial charge on any atom is -0.319 e. The highest BCUT2D eigenvalue weighted by Crippen LogP contribution is 2.30. The Labute approximate surface area is 189 Å². The third kappa shape index (κ3) is 4.05. The van der Waals surface area contributed by atoms with Crippen LogP contribution in [0.2, 0.25) is 5.02 Å². The van der Waals surface area contributed by atoms with Gasteiger partial charge in [-0.2, -0.15) is 0 Å². The van der Waals surface area contributed by atoms with Crippen LogP contribution in [-0.4, -0.2) is 46.3 Å². The summed E-state index contributed by atoms with van der Waals surface area (Å²) in [7, 11) is 0. The number of aliphatic imine (C=N–C) groups is 1. The molecule has 0 spiro atoms. The van der Waals surface area contributed by atoms with Crippen molar-refractivity contribution in [2.75, 3.05) is 17.2 Å². The van der Waals surface area contributed by atoms with E-state index in [1.165, 1.54) is 16.7 Å².